The van der Waals surface area contributed by atoms with Crippen LogP contribution in [-0.4, -0.2) is 49.2 Å². The third kappa shape index (κ3) is 6.61. The number of hydrogen-bond acceptors (Lipinski definition) is 6. The molecule has 1 aliphatic heterocycles. The van der Waals surface area contributed by atoms with E-state index in [1.54, 1.807) is 41.5 Å². The van der Waals surface area contributed by atoms with Crippen LogP contribution < -0.4 is 15.8 Å². The van der Waals surface area contributed by atoms with Gasteiger partial charge in [-0.25, -0.2) is 9.50 Å². The third-order valence-electron chi connectivity index (χ3n) is 6.35. The van der Waals surface area contributed by atoms with E-state index in [1.807, 2.05) is 55.6 Å². The summed E-state index contributed by atoms with van der Waals surface area (Å²) >= 11 is 0. The van der Waals surface area contributed by atoms with E-state index in [1.165, 1.54) is 12.8 Å². The zero-order chi connectivity index (χ0) is 26.2. The number of carbonyl (C=O) groups is 1. The minimum Gasteiger partial charge on any atom is -0.353 e. The van der Waals surface area contributed by atoms with Crippen LogP contribution in [0.4, 0.5) is 5.82 Å². The quantitative estimate of drug-likeness (QED) is 0.448. The number of carbonyl (C=O) groups excluding carboxylic acids is 1. The largest absolute Gasteiger partial charge is 0.353 e. The summed E-state index contributed by atoms with van der Waals surface area (Å²) in [6.45, 7) is 8.15. The van der Waals surface area contributed by atoms with Crippen LogP contribution in [0.25, 0.3) is 5.65 Å². The van der Waals surface area contributed by atoms with Gasteiger partial charge in [0, 0.05) is 44.3 Å². The normalized spacial score (nSPS) is 16.4. The monoisotopic (exact) mass is 501 g/mol. The van der Waals surface area contributed by atoms with E-state index >= 15 is 0 Å². The second-order valence-corrected chi connectivity index (χ2v) is 9.11. The fraction of sp³-hybridized carbons (Fsp3) is 0.393. The van der Waals surface area contributed by atoms with Crippen molar-refractivity contribution in [3.05, 3.63) is 88.9 Å². The van der Waals surface area contributed by atoms with Crippen molar-refractivity contribution in [2.75, 3.05) is 18.0 Å². The highest BCUT2D eigenvalue weighted by Crippen LogP contribution is 2.30. The van der Waals surface area contributed by atoms with Crippen LogP contribution in [0, 0.1) is 12.8 Å². The highest BCUT2D eigenvalue weighted by molar-refractivity contribution is 5.94. The number of aromatic nitrogens is 5. The molecule has 9 heteroatoms. The average Bonchev–Trinajstić information content (AvgIpc) is 3.51. The Kier molecular flexibility index (Phi) is 8.66. The molecule has 5 heterocycles. The predicted octanol–water partition coefficient (Wildman–Crippen LogP) is 3.73. The third-order valence-corrected chi connectivity index (χ3v) is 6.35. The summed E-state index contributed by atoms with van der Waals surface area (Å²) in [7, 11) is 0. The zero-order valence-corrected chi connectivity index (χ0v) is 21.7. The molecule has 1 N–H and O–H groups in total. The van der Waals surface area contributed by atoms with Crippen molar-refractivity contribution in [3.63, 3.8) is 0 Å². The van der Waals surface area contributed by atoms with E-state index in [2.05, 4.69) is 25.3 Å². The van der Waals surface area contributed by atoms with Crippen LogP contribution >= 0.6 is 0 Å². The first-order valence-electron chi connectivity index (χ1n) is 13.0. The molecule has 9 nitrogen and oxygen atoms in total. The van der Waals surface area contributed by atoms with Crippen molar-refractivity contribution in [3.8, 4) is 0 Å². The van der Waals surface area contributed by atoms with Gasteiger partial charge in [0.05, 0.1) is 11.9 Å². The number of amides is 1. The van der Waals surface area contributed by atoms with Gasteiger partial charge in [-0.3, -0.25) is 14.6 Å². The highest BCUT2D eigenvalue weighted by atomic mass is 16.2. The topological polar surface area (TPSA) is 97.4 Å². The van der Waals surface area contributed by atoms with Crippen LogP contribution in [-0.2, 0) is 6.54 Å². The first-order valence-corrected chi connectivity index (χ1v) is 13.0. The highest BCUT2D eigenvalue weighted by Gasteiger charge is 2.27. The van der Waals surface area contributed by atoms with Crippen LogP contribution in [0.3, 0.4) is 0 Å². The van der Waals surface area contributed by atoms with Gasteiger partial charge in [-0.15, -0.1) is 5.10 Å². The van der Waals surface area contributed by atoms with Gasteiger partial charge in [-0.2, -0.15) is 0 Å². The summed E-state index contributed by atoms with van der Waals surface area (Å²) in [4.78, 5) is 35.6. The Balaban J connectivity index is 0.000000348. The number of imidazole rings is 1. The maximum Gasteiger partial charge on any atom is 0.263 e. The van der Waals surface area contributed by atoms with Gasteiger partial charge in [0.1, 0.15) is 11.4 Å². The Morgan fingerprint density at radius 3 is 2.51 bits per heavy atom. The van der Waals surface area contributed by atoms with Gasteiger partial charge < -0.3 is 14.8 Å². The fourth-order valence-corrected chi connectivity index (χ4v) is 4.24. The van der Waals surface area contributed by atoms with Gasteiger partial charge in [0.25, 0.3) is 11.5 Å². The minimum absolute atomic E-state index is 0.0135. The Hall–Kier alpha value is -4.01. The summed E-state index contributed by atoms with van der Waals surface area (Å²) in [6.07, 6.45) is 10.2. The van der Waals surface area contributed by atoms with Crippen molar-refractivity contribution >= 4 is 17.4 Å². The van der Waals surface area contributed by atoms with Gasteiger partial charge >= 0.3 is 0 Å². The van der Waals surface area contributed by atoms with E-state index in [9.17, 15) is 9.59 Å². The molecule has 0 unspecified atom stereocenters. The second kappa shape index (κ2) is 12.3. The molecule has 1 saturated heterocycles. The number of hydrogen-bond donors (Lipinski definition) is 1. The molecule has 4 aromatic rings. The number of rotatable bonds is 5. The van der Waals surface area contributed by atoms with Crippen LogP contribution in [0.2, 0.25) is 0 Å². The van der Waals surface area contributed by atoms with Crippen molar-refractivity contribution in [2.45, 2.75) is 52.6 Å². The van der Waals surface area contributed by atoms with Crippen molar-refractivity contribution in [1.29, 1.82) is 0 Å². The lowest BCUT2D eigenvalue weighted by molar-refractivity contribution is 0.0938. The molecule has 1 amide bonds. The molecule has 2 fully saturated rings. The van der Waals surface area contributed by atoms with Gasteiger partial charge in [-0.05, 0) is 68.5 Å². The summed E-state index contributed by atoms with van der Waals surface area (Å²) in [5.41, 5.74) is 1.83. The van der Waals surface area contributed by atoms with Gasteiger partial charge in [0.2, 0.25) is 0 Å². The van der Waals surface area contributed by atoms with Crippen LogP contribution in [0.5, 0.6) is 0 Å². The number of fused-ring (bicyclic) bond motifs is 1. The van der Waals surface area contributed by atoms with E-state index in [4.69, 9.17) is 0 Å². The molecule has 4 aromatic heterocycles. The zero-order valence-electron chi connectivity index (χ0n) is 21.7. The molecule has 0 aromatic carbocycles. The van der Waals surface area contributed by atoms with E-state index in [0.717, 1.165) is 30.1 Å². The molecule has 194 valence electrons. The summed E-state index contributed by atoms with van der Waals surface area (Å²) in [5.74, 6) is 1.15. The molecular formula is C28H35N7O2. The number of anilines is 1. The predicted molar refractivity (Wildman–Crippen MR) is 145 cm³/mol. The van der Waals surface area contributed by atoms with Crippen molar-refractivity contribution in [2.24, 2.45) is 5.92 Å². The lowest BCUT2D eigenvalue weighted by Gasteiger charge is -2.18. The van der Waals surface area contributed by atoms with Crippen molar-refractivity contribution in [1.82, 2.24) is 29.5 Å². The molecule has 2 aliphatic rings. The number of nitrogens with zero attached hydrogens (tertiary/aromatic N) is 6. The maximum atomic E-state index is 12.7. The van der Waals surface area contributed by atoms with E-state index in [0.29, 0.717) is 19.0 Å². The second-order valence-electron chi connectivity index (χ2n) is 9.11. The molecular weight excluding hydrogens is 466 g/mol. The first-order chi connectivity index (χ1) is 18.1. The summed E-state index contributed by atoms with van der Waals surface area (Å²) in [6, 6.07) is 13.0. The molecule has 6 rings (SSSR count). The summed E-state index contributed by atoms with van der Waals surface area (Å²) in [5, 5.41) is 7.70. The van der Waals surface area contributed by atoms with E-state index in [-0.39, 0.29) is 23.1 Å². The maximum absolute atomic E-state index is 12.7. The first kappa shape index (κ1) is 26.1. The van der Waals surface area contributed by atoms with Crippen molar-refractivity contribution < 1.29 is 4.79 Å². The van der Waals surface area contributed by atoms with Crippen LogP contribution in [0.1, 0.15) is 49.2 Å². The molecule has 0 radical (unpaired) electrons. The fourth-order valence-electron chi connectivity index (χ4n) is 4.24. The molecule has 0 spiro atoms. The Morgan fingerprint density at radius 1 is 1.05 bits per heavy atom. The molecule has 37 heavy (non-hydrogen) atoms. The van der Waals surface area contributed by atoms with Gasteiger partial charge in [-0.1, -0.05) is 19.9 Å². The molecule has 0 bridgehead atoms. The standard InChI is InChI=1S/C21H24N6O2.C5H5N.C2H6/c1-14-11-22-18-6-7-19(24-27(14)18)25-10-8-16(13-25)23-20(28)17-3-2-9-26(21(17)29)12-15-4-5-15;1-2-4-6-5-3-1;1-2/h2-3,6-7,9,11,15-16H,4-5,8,10,12-13H2,1H3,(H,23,28);1-5H;1-2H3/t16-;;/m0../s1. The van der Waals surface area contributed by atoms with Crippen LogP contribution in [0.15, 0.2) is 72.0 Å². The lowest BCUT2D eigenvalue weighted by Crippen LogP contribution is -2.40. The Labute approximate surface area is 217 Å². The molecule has 1 saturated carbocycles. The Morgan fingerprint density at radius 2 is 1.84 bits per heavy atom. The molecule has 1 atom stereocenters. The van der Waals surface area contributed by atoms with Gasteiger partial charge in [0.15, 0.2) is 5.65 Å². The number of pyridine rings is 2. The SMILES string of the molecule is CC.Cc1cnc2ccc(N3CC[C@H](NC(=O)c4cccn(CC5CC5)c4=O)C3)nn12.c1ccncc1. The summed E-state index contributed by atoms with van der Waals surface area (Å²) < 4.78 is 3.49. The number of nitrogens with one attached hydrogen (secondary N) is 1. The Bertz CT molecular complexity index is 1340. The lowest BCUT2D eigenvalue weighted by atomic mass is 10.2. The van der Waals surface area contributed by atoms with E-state index < -0.39 is 0 Å². The molecule has 1 aliphatic carbocycles. The average molecular weight is 502 g/mol. The minimum atomic E-state index is -0.291. The smallest absolute Gasteiger partial charge is 0.263 e. The number of aryl methyl sites for hydroxylation is 1.